The van der Waals surface area contributed by atoms with Crippen molar-refractivity contribution in [2.24, 2.45) is 0 Å². The summed E-state index contributed by atoms with van der Waals surface area (Å²) in [6.07, 6.45) is 0. The number of carbonyl (C=O) groups excluding carboxylic acids is 1. The van der Waals surface area contributed by atoms with Gasteiger partial charge in [0.2, 0.25) is 15.9 Å². The average Bonchev–Trinajstić information content (AvgIpc) is 2.73. The predicted octanol–water partition coefficient (Wildman–Crippen LogP) is 4.45. The van der Waals surface area contributed by atoms with Crippen LogP contribution in [0.3, 0.4) is 0 Å². The number of nitrogens with one attached hydrogen (secondary N) is 1. The number of hydrogen-bond acceptors (Lipinski definition) is 4. The van der Waals surface area contributed by atoms with Gasteiger partial charge >= 0.3 is 0 Å². The summed E-state index contributed by atoms with van der Waals surface area (Å²) in [5, 5.41) is 3.23. The first-order valence-electron chi connectivity index (χ1n) is 10.2. The molecule has 1 atom stereocenters. The molecule has 1 aliphatic rings. The molecule has 1 N–H and O–H groups in total. The van der Waals surface area contributed by atoms with Crippen molar-refractivity contribution in [3.05, 3.63) is 58.1 Å². The van der Waals surface area contributed by atoms with Crippen molar-refractivity contribution in [3.63, 3.8) is 0 Å². The second-order valence-electron chi connectivity index (χ2n) is 7.90. The minimum atomic E-state index is -3.81. The number of hydrogen-bond donors (Lipinski definition) is 1. The number of rotatable bonds is 6. The van der Waals surface area contributed by atoms with E-state index in [0.29, 0.717) is 13.1 Å². The van der Waals surface area contributed by atoms with Crippen molar-refractivity contribution in [1.29, 1.82) is 0 Å². The average molecular weight is 484 g/mol. The van der Waals surface area contributed by atoms with Crippen LogP contribution in [0.2, 0.25) is 10.0 Å². The minimum Gasteiger partial charge on any atom is -0.324 e. The second-order valence-corrected chi connectivity index (χ2v) is 10.6. The normalized spacial score (nSPS) is 17.0. The lowest BCUT2D eigenvalue weighted by Gasteiger charge is -2.37. The Balaban J connectivity index is 1.66. The molecular formula is C22H27Cl2N3O3S. The lowest BCUT2D eigenvalue weighted by Crippen LogP contribution is -2.54. The number of sulfonamides is 1. The Morgan fingerprint density at radius 2 is 1.52 bits per heavy atom. The van der Waals surface area contributed by atoms with E-state index in [4.69, 9.17) is 23.2 Å². The summed E-state index contributed by atoms with van der Waals surface area (Å²) in [5.74, 6) is 0.177. The van der Waals surface area contributed by atoms with Gasteiger partial charge < -0.3 is 5.32 Å². The van der Waals surface area contributed by atoms with Gasteiger partial charge in [0.15, 0.2) is 0 Å². The highest BCUT2D eigenvalue weighted by molar-refractivity contribution is 7.89. The fourth-order valence-electron chi connectivity index (χ4n) is 3.71. The number of nitrogens with zero attached hydrogens (tertiary/aromatic N) is 2. The van der Waals surface area contributed by atoms with Crippen LogP contribution in [0.5, 0.6) is 0 Å². The summed E-state index contributed by atoms with van der Waals surface area (Å²) in [6, 6.07) is 12.0. The van der Waals surface area contributed by atoms with Crippen molar-refractivity contribution >= 4 is 44.8 Å². The van der Waals surface area contributed by atoms with Gasteiger partial charge in [-0.2, -0.15) is 4.31 Å². The van der Waals surface area contributed by atoms with Crippen LogP contribution in [0.4, 0.5) is 5.69 Å². The zero-order valence-corrected chi connectivity index (χ0v) is 20.1. The summed E-state index contributed by atoms with van der Waals surface area (Å²) in [7, 11) is -3.81. The van der Waals surface area contributed by atoms with Crippen molar-refractivity contribution in [2.45, 2.75) is 37.6 Å². The van der Waals surface area contributed by atoms with Crippen molar-refractivity contribution < 1.29 is 13.2 Å². The van der Waals surface area contributed by atoms with Crippen molar-refractivity contribution in [2.75, 3.05) is 31.5 Å². The quantitative estimate of drug-likeness (QED) is 0.658. The molecule has 0 aliphatic carbocycles. The van der Waals surface area contributed by atoms with Gasteiger partial charge in [-0.05, 0) is 36.6 Å². The molecule has 1 fully saturated rings. The Kier molecular flexibility index (Phi) is 7.65. The Hall–Kier alpha value is -1.64. The number of benzene rings is 2. The van der Waals surface area contributed by atoms with Crippen LogP contribution in [0.1, 0.15) is 32.3 Å². The van der Waals surface area contributed by atoms with Crippen molar-refractivity contribution in [3.8, 4) is 0 Å². The van der Waals surface area contributed by atoms with Gasteiger partial charge in [-0.1, -0.05) is 61.3 Å². The molecule has 6 nitrogen and oxygen atoms in total. The molecule has 3 rings (SSSR count). The molecule has 168 valence electrons. The van der Waals surface area contributed by atoms with Crippen LogP contribution in [0.15, 0.2) is 47.4 Å². The number of amides is 1. The third-order valence-corrected chi connectivity index (χ3v) is 8.41. The lowest BCUT2D eigenvalue weighted by molar-refractivity contribution is -0.121. The van der Waals surface area contributed by atoms with E-state index >= 15 is 0 Å². The van der Waals surface area contributed by atoms with E-state index in [1.807, 2.05) is 36.1 Å². The summed E-state index contributed by atoms with van der Waals surface area (Å²) < 4.78 is 27.5. The third kappa shape index (κ3) is 5.23. The van der Waals surface area contributed by atoms with E-state index in [-0.39, 0.29) is 39.9 Å². The topological polar surface area (TPSA) is 69.7 Å². The molecule has 2 aromatic rings. The molecule has 31 heavy (non-hydrogen) atoms. The van der Waals surface area contributed by atoms with Gasteiger partial charge in [-0.3, -0.25) is 9.69 Å². The van der Waals surface area contributed by atoms with Crippen LogP contribution >= 0.6 is 23.2 Å². The van der Waals surface area contributed by atoms with Crippen LogP contribution < -0.4 is 5.32 Å². The lowest BCUT2D eigenvalue weighted by atomic mass is 10.0. The highest BCUT2D eigenvalue weighted by atomic mass is 35.5. The molecule has 1 unspecified atom stereocenters. The molecule has 1 aliphatic heterocycles. The van der Waals surface area contributed by atoms with E-state index in [0.717, 1.165) is 11.3 Å². The van der Waals surface area contributed by atoms with Crippen LogP contribution in [0, 0.1) is 0 Å². The van der Waals surface area contributed by atoms with Crippen LogP contribution in [0.25, 0.3) is 0 Å². The zero-order chi connectivity index (χ0) is 22.8. The van der Waals surface area contributed by atoms with Gasteiger partial charge in [0.1, 0.15) is 4.90 Å². The molecule has 9 heteroatoms. The zero-order valence-electron chi connectivity index (χ0n) is 17.8. The van der Waals surface area contributed by atoms with E-state index < -0.39 is 16.1 Å². The first-order valence-corrected chi connectivity index (χ1v) is 12.4. The summed E-state index contributed by atoms with van der Waals surface area (Å²) in [4.78, 5) is 14.8. The maximum Gasteiger partial charge on any atom is 0.246 e. The highest BCUT2D eigenvalue weighted by Crippen LogP contribution is 2.32. The molecule has 2 aromatic carbocycles. The van der Waals surface area contributed by atoms with Crippen LogP contribution in [-0.4, -0.2) is 55.8 Å². The smallest absolute Gasteiger partial charge is 0.246 e. The maximum absolute atomic E-state index is 13.0. The Labute approximate surface area is 194 Å². The Morgan fingerprint density at radius 1 is 0.935 bits per heavy atom. The molecule has 0 aromatic heterocycles. The second kappa shape index (κ2) is 9.88. The van der Waals surface area contributed by atoms with Gasteiger partial charge in [-0.25, -0.2) is 8.42 Å². The predicted molar refractivity (Wildman–Crippen MR) is 125 cm³/mol. The number of carbonyl (C=O) groups is 1. The Bertz CT molecular complexity index is 1030. The van der Waals surface area contributed by atoms with E-state index in [2.05, 4.69) is 19.2 Å². The monoisotopic (exact) mass is 483 g/mol. The maximum atomic E-state index is 13.0. The van der Waals surface area contributed by atoms with Gasteiger partial charge in [0, 0.05) is 31.9 Å². The first-order chi connectivity index (χ1) is 14.6. The molecule has 1 saturated heterocycles. The van der Waals surface area contributed by atoms with E-state index in [9.17, 15) is 13.2 Å². The fraction of sp³-hybridized carbons (Fsp3) is 0.409. The van der Waals surface area contributed by atoms with Crippen LogP contribution in [-0.2, 0) is 14.8 Å². The molecule has 1 heterocycles. The van der Waals surface area contributed by atoms with Gasteiger partial charge in [0.05, 0.1) is 16.1 Å². The minimum absolute atomic E-state index is 0.0668. The van der Waals surface area contributed by atoms with Gasteiger partial charge in [-0.15, -0.1) is 0 Å². The van der Waals surface area contributed by atoms with Crippen molar-refractivity contribution in [1.82, 2.24) is 9.21 Å². The van der Waals surface area contributed by atoms with Gasteiger partial charge in [0.25, 0.3) is 0 Å². The third-order valence-electron chi connectivity index (χ3n) is 5.56. The Morgan fingerprint density at radius 3 is 2.10 bits per heavy atom. The summed E-state index contributed by atoms with van der Waals surface area (Å²) >= 11 is 12.2. The molecule has 0 radical (unpaired) electrons. The summed E-state index contributed by atoms with van der Waals surface area (Å²) in [6.45, 7) is 7.37. The number of piperazine rings is 1. The molecule has 1 amide bonds. The van der Waals surface area contributed by atoms with E-state index in [1.165, 1.54) is 16.4 Å². The number of anilines is 1. The standard InChI is InChI=1S/C22H27Cl2N3O3S/c1-15(2)17-7-4-5-10-20(17)25-22(28)16(3)26-11-13-27(14-12-26)31(29,30)21-18(23)8-6-9-19(21)24/h4-10,15-16H,11-14H2,1-3H3,(H,25,28). The fourth-order valence-corrected chi connectivity index (χ4v) is 6.22. The molecule has 0 saturated carbocycles. The molecular weight excluding hydrogens is 457 g/mol. The summed E-state index contributed by atoms with van der Waals surface area (Å²) in [5.41, 5.74) is 1.89. The highest BCUT2D eigenvalue weighted by Gasteiger charge is 2.34. The molecule has 0 spiro atoms. The first kappa shape index (κ1) is 24.0. The van der Waals surface area contributed by atoms with E-state index in [1.54, 1.807) is 6.07 Å². The number of halogens is 2. The SMILES string of the molecule is CC(C)c1ccccc1NC(=O)C(C)N1CCN(S(=O)(=O)c2c(Cl)cccc2Cl)CC1. The number of para-hydroxylation sites is 1. The largest absolute Gasteiger partial charge is 0.324 e. The molecule has 0 bridgehead atoms.